The molecule has 0 aliphatic rings. The number of alkyl carbamates (subject to hydrolysis) is 1. The highest BCUT2D eigenvalue weighted by molar-refractivity contribution is 5.86. The summed E-state index contributed by atoms with van der Waals surface area (Å²) in [7, 11) is 1.83. The number of amides is 2. The van der Waals surface area contributed by atoms with E-state index in [1.165, 1.54) is 5.56 Å². The monoisotopic (exact) mass is 453 g/mol. The molecule has 0 saturated carbocycles. The second kappa shape index (κ2) is 13.0. The normalized spacial score (nSPS) is 13.1. The Balaban J connectivity index is 1.95. The first-order chi connectivity index (χ1) is 15.7. The summed E-state index contributed by atoms with van der Waals surface area (Å²) in [5.74, 6) is -0.0146. The van der Waals surface area contributed by atoms with Crippen molar-refractivity contribution < 1.29 is 14.3 Å². The van der Waals surface area contributed by atoms with Crippen molar-refractivity contribution in [3.63, 3.8) is 0 Å². The van der Waals surface area contributed by atoms with Crippen molar-refractivity contribution in [1.82, 2.24) is 16.0 Å². The summed E-state index contributed by atoms with van der Waals surface area (Å²) in [5.41, 5.74) is 1.06. The van der Waals surface area contributed by atoms with Crippen LogP contribution in [0.5, 0.6) is 0 Å². The summed E-state index contributed by atoms with van der Waals surface area (Å²) in [4.78, 5) is 25.3. The van der Waals surface area contributed by atoms with E-state index in [0.29, 0.717) is 32.4 Å². The van der Waals surface area contributed by atoms with Crippen LogP contribution in [0, 0.1) is 0 Å². The predicted octanol–water partition coefficient (Wildman–Crippen LogP) is 4.24. The molecule has 2 rings (SSSR count). The molecule has 0 aliphatic heterocycles. The standard InChI is InChI=1S/C27H39N3O3/c1-26(2,3)33-25(32)30-20-12-18-27(28-4,21-23-15-9-6-10-16-23)24(31)29-19-11-17-22-13-7-5-8-14-22/h5-10,13-16,28H,11-12,17-21H2,1-4H3,(H,29,31)(H,30,32)/t27-/m1/s1. The quantitative estimate of drug-likeness (QED) is 0.420. The average molecular weight is 454 g/mol. The summed E-state index contributed by atoms with van der Waals surface area (Å²) in [6.45, 7) is 6.55. The van der Waals surface area contributed by atoms with E-state index in [0.717, 1.165) is 18.4 Å². The van der Waals surface area contributed by atoms with Crippen LogP contribution in [0.25, 0.3) is 0 Å². The molecule has 2 aromatic carbocycles. The Kier molecular flexibility index (Phi) is 10.4. The zero-order chi connectivity index (χ0) is 24.2. The van der Waals surface area contributed by atoms with Gasteiger partial charge in [0.25, 0.3) is 0 Å². The smallest absolute Gasteiger partial charge is 0.407 e. The van der Waals surface area contributed by atoms with Gasteiger partial charge in [-0.25, -0.2) is 4.79 Å². The molecular weight excluding hydrogens is 414 g/mol. The number of likely N-dealkylation sites (N-methyl/N-ethyl adjacent to an activating group) is 1. The Morgan fingerprint density at radius 1 is 0.818 bits per heavy atom. The highest BCUT2D eigenvalue weighted by Gasteiger charge is 2.36. The van der Waals surface area contributed by atoms with E-state index in [4.69, 9.17) is 4.74 Å². The van der Waals surface area contributed by atoms with E-state index in [1.54, 1.807) is 0 Å². The molecule has 0 aliphatic carbocycles. The molecule has 6 heteroatoms. The van der Waals surface area contributed by atoms with Gasteiger partial charge >= 0.3 is 6.09 Å². The van der Waals surface area contributed by atoms with Crippen molar-refractivity contribution in [2.75, 3.05) is 20.1 Å². The molecule has 6 nitrogen and oxygen atoms in total. The molecule has 0 heterocycles. The largest absolute Gasteiger partial charge is 0.444 e. The van der Waals surface area contributed by atoms with Crippen LogP contribution in [-0.4, -0.2) is 43.3 Å². The maximum atomic E-state index is 13.3. The number of ether oxygens (including phenoxy) is 1. The van der Waals surface area contributed by atoms with Gasteiger partial charge in [-0.3, -0.25) is 4.79 Å². The highest BCUT2D eigenvalue weighted by atomic mass is 16.6. The van der Waals surface area contributed by atoms with E-state index in [1.807, 2.05) is 76.3 Å². The number of hydrogen-bond donors (Lipinski definition) is 3. The van der Waals surface area contributed by atoms with Crippen molar-refractivity contribution in [2.24, 2.45) is 0 Å². The Hall–Kier alpha value is -2.86. The molecule has 0 radical (unpaired) electrons. The molecule has 0 aromatic heterocycles. The lowest BCUT2D eigenvalue weighted by molar-refractivity contribution is -0.127. The number of carbonyl (C=O) groups excluding carboxylic acids is 2. The van der Waals surface area contributed by atoms with Gasteiger partial charge in [0.2, 0.25) is 5.91 Å². The highest BCUT2D eigenvalue weighted by Crippen LogP contribution is 2.20. The maximum absolute atomic E-state index is 13.3. The van der Waals surface area contributed by atoms with Gasteiger partial charge in [0.1, 0.15) is 11.1 Å². The minimum Gasteiger partial charge on any atom is -0.444 e. The summed E-state index contributed by atoms with van der Waals surface area (Å²) in [6, 6.07) is 20.3. The number of rotatable bonds is 12. The summed E-state index contributed by atoms with van der Waals surface area (Å²) >= 11 is 0. The first-order valence-corrected chi connectivity index (χ1v) is 11.8. The third kappa shape index (κ3) is 9.66. The maximum Gasteiger partial charge on any atom is 0.407 e. The number of aryl methyl sites for hydroxylation is 1. The summed E-state index contributed by atoms with van der Waals surface area (Å²) in [6.07, 6.45) is 3.16. The fourth-order valence-electron chi connectivity index (χ4n) is 3.76. The number of benzene rings is 2. The molecule has 0 unspecified atom stereocenters. The lowest BCUT2D eigenvalue weighted by atomic mass is 9.85. The first kappa shape index (κ1) is 26.4. The van der Waals surface area contributed by atoms with Gasteiger partial charge in [-0.05, 0) is 71.0 Å². The SMILES string of the molecule is CN[C@](CCCNC(=O)OC(C)(C)C)(Cc1ccccc1)C(=O)NCCCc1ccccc1. The molecule has 1 atom stereocenters. The van der Waals surface area contributed by atoms with Crippen molar-refractivity contribution in [2.45, 2.75) is 64.0 Å². The number of nitrogens with one attached hydrogen (secondary N) is 3. The van der Waals surface area contributed by atoms with Crippen molar-refractivity contribution in [3.8, 4) is 0 Å². The van der Waals surface area contributed by atoms with Crippen LogP contribution in [0.15, 0.2) is 60.7 Å². The zero-order valence-corrected chi connectivity index (χ0v) is 20.4. The molecule has 180 valence electrons. The van der Waals surface area contributed by atoms with Crippen LogP contribution in [0.2, 0.25) is 0 Å². The van der Waals surface area contributed by atoms with Crippen LogP contribution < -0.4 is 16.0 Å². The van der Waals surface area contributed by atoms with Gasteiger partial charge < -0.3 is 20.7 Å². The Labute approximate surface area is 198 Å². The fourth-order valence-corrected chi connectivity index (χ4v) is 3.76. The molecule has 2 amide bonds. The van der Waals surface area contributed by atoms with E-state index in [9.17, 15) is 9.59 Å². The molecule has 33 heavy (non-hydrogen) atoms. The Morgan fingerprint density at radius 2 is 1.39 bits per heavy atom. The van der Waals surface area contributed by atoms with E-state index in [2.05, 4.69) is 28.1 Å². The minimum atomic E-state index is -0.760. The second-order valence-electron chi connectivity index (χ2n) is 9.37. The molecular formula is C27H39N3O3. The fraction of sp³-hybridized carbons (Fsp3) is 0.481. The molecule has 2 aromatic rings. The van der Waals surface area contributed by atoms with Gasteiger partial charge in [-0.2, -0.15) is 0 Å². The van der Waals surface area contributed by atoms with Crippen LogP contribution in [0.1, 0.15) is 51.2 Å². The van der Waals surface area contributed by atoms with Crippen LogP contribution in [0.4, 0.5) is 4.79 Å². The first-order valence-electron chi connectivity index (χ1n) is 11.8. The van der Waals surface area contributed by atoms with Gasteiger partial charge in [0.15, 0.2) is 0 Å². The number of carbonyl (C=O) groups is 2. The lowest BCUT2D eigenvalue weighted by Crippen LogP contribution is -2.57. The molecule has 0 spiro atoms. The third-order valence-electron chi connectivity index (χ3n) is 5.48. The molecule has 3 N–H and O–H groups in total. The third-order valence-corrected chi connectivity index (χ3v) is 5.48. The topological polar surface area (TPSA) is 79.5 Å². The van der Waals surface area contributed by atoms with Gasteiger partial charge in [0.05, 0.1) is 0 Å². The Morgan fingerprint density at radius 3 is 1.97 bits per heavy atom. The van der Waals surface area contributed by atoms with Crippen LogP contribution >= 0.6 is 0 Å². The van der Waals surface area contributed by atoms with E-state index in [-0.39, 0.29) is 5.91 Å². The second-order valence-corrected chi connectivity index (χ2v) is 9.37. The lowest BCUT2D eigenvalue weighted by Gasteiger charge is -2.33. The van der Waals surface area contributed by atoms with Crippen molar-refractivity contribution in [3.05, 3.63) is 71.8 Å². The van der Waals surface area contributed by atoms with Gasteiger partial charge in [-0.1, -0.05) is 60.7 Å². The van der Waals surface area contributed by atoms with Crippen LogP contribution in [0.3, 0.4) is 0 Å². The zero-order valence-electron chi connectivity index (χ0n) is 20.4. The van der Waals surface area contributed by atoms with Crippen molar-refractivity contribution in [1.29, 1.82) is 0 Å². The van der Waals surface area contributed by atoms with Crippen molar-refractivity contribution >= 4 is 12.0 Å². The average Bonchev–Trinajstić information content (AvgIpc) is 2.79. The predicted molar refractivity (Wildman–Crippen MR) is 133 cm³/mol. The molecule has 0 fully saturated rings. The van der Waals surface area contributed by atoms with E-state index < -0.39 is 17.2 Å². The summed E-state index contributed by atoms with van der Waals surface area (Å²) < 4.78 is 5.30. The summed E-state index contributed by atoms with van der Waals surface area (Å²) in [5, 5.41) is 9.21. The van der Waals surface area contributed by atoms with Gasteiger partial charge in [-0.15, -0.1) is 0 Å². The van der Waals surface area contributed by atoms with Crippen LogP contribution in [-0.2, 0) is 22.4 Å². The Bertz CT molecular complexity index is 850. The molecule has 0 saturated heterocycles. The number of hydrogen-bond acceptors (Lipinski definition) is 4. The molecule has 0 bridgehead atoms. The minimum absolute atomic E-state index is 0.0146. The van der Waals surface area contributed by atoms with E-state index >= 15 is 0 Å². The van der Waals surface area contributed by atoms with Gasteiger partial charge in [0, 0.05) is 13.1 Å².